The van der Waals surface area contributed by atoms with Crippen LogP contribution in [-0.4, -0.2) is 9.79 Å². The molecular formula is H4ClO2P. The average Bonchev–Trinajstić information content (AvgIpc) is 0.811. The molecule has 0 aliphatic rings. The van der Waals surface area contributed by atoms with Crippen molar-refractivity contribution in [3.63, 3.8) is 0 Å². The third-order valence-electron chi connectivity index (χ3n) is 0. The van der Waals surface area contributed by atoms with E-state index in [4.69, 9.17) is 9.79 Å². The van der Waals surface area contributed by atoms with Gasteiger partial charge >= 0.3 is 28.8 Å². The van der Waals surface area contributed by atoms with Crippen molar-refractivity contribution in [1.29, 1.82) is 0 Å². The number of halogens is 1. The van der Waals surface area contributed by atoms with E-state index in [2.05, 4.69) is 11.2 Å². The summed E-state index contributed by atoms with van der Waals surface area (Å²) in [6, 6.07) is 0. The van der Waals surface area contributed by atoms with Crippen LogP contribution in [0.2, 0.25) is 0 Å². The van der Waals surface area contributed by atoms with Gasteiger partial charge in [0.25, 0.3) is 0 Å². The molecule has 0 heterocycles. The number of hydrogen-bond acceptors (Lipinski definition) is 2. The van der Waals surface area contributed by atoms with Crippen LogP contribution in [0.4, 0.5) is 0 Å². The summed E-state index contributed by atoms with van der Waals surface area (Å²) in [6.07, 6.45) is 0. The Labute approximate surface area is 29.7 Å². The first-order chi connectivity index (χ1) is 1.73. The standard InChI is InChI=1S/ClH4O2P/c1-4(2)3/h2-3H,4H2. The van der Waals surface area contributed by atoms with Crippen LogP contribution in [0.5, 0.6) is 0 Å². The van der Waals surface area contributed by atoms with Gasteiger partial charge in [-0.15, -0.1) is 0 Å². The van der Waals surface area contributed by atoms with Crippen molar-refractivity contribution in [2.75, 3.05) is 0 Å². The van der Waals surface area contributed by atoms with Gasteiger partial charge in [-0.2, -0.15) is 0 Å². The Hall–Kier alpha value is 0.640. The minimum atomic E-state index is -2.67. The summed E-state index contributed by atoms with van der Waals surface area (Å²) in [6.45, 7) is 0. The Bertz CT molecular complexity index is 10.8. The van der Waals surface area contributed by atoms with E-state index in [9.17, 15) is 0 Å². The molecule has 0 saturated carbocycles. The van der Waals surface area contributed by atoms with Gasteiger partial charge in [-0.05, 0) is 0 Å². The summed E-state index contributed by atoms with van der Waals surface area (Å²) in [5.74, 6) is 0. The van der Waals surface area contributed by atoms with E-state index in [1.165, 1.54) is 0 Å². The van der Waals surface area contributed by atoms with Crippen LogP contribution in [0.3, 0.4) is 0 Å². The first kappa shape index (κ1) is 4.64. The molecule has 0 amide bonds. The van der Waals surface area contributed by atoms with Crippen LogP contribution in [-0.2, 0) is 0 Å². The molecule has 0 aliphatic carbocycles. The van der Waals surface area contributed by atoms with Gasteiger partial charge in [0, 0.05) is 0 Å². The summed E-state index contributed by atoms with van der Waals surface area (Å²) in [7, 11) is -2.67. The summed E-state index contributed by atoms with van der Waals surface area (Å²) >= 11 is 4.52. The first-order valence-corrected chi connectivity index (χ1v) is 3.51. The molecule has 0 fully saturated rings. The molecule has 0 bridgehead atoms. The van der Waals surface area contributed by atoms with Crippen LogP contribution < -0.4 is 0 Å². The zero-order chi connectivity index (χ0) is 3.58. The Morgan fingerprint density at radius 1 is 1.50 bits per heavy atom. The third kappa shape index (κ3) is 17.3. The maximum atomic E-state index is 7.52. The molecule has 0 atom stereocenters. The second kappa shape index (κ2) is 1.91. The van der Waals surface area contributed by atoms with E-state index >= 15 is 0 Å². The van der Waals surface area contributed by atoms with Crippen LogP contribution in [0.1, 0.15) is 0 Å². The van der Waals surface area contributed by atoms with Gasteiger partial charge in [0.1, 0.15) is 0 Å². The molecule has 0 rings (SSSR count). The van der Waals surface area contributed by atoms with Crippen molar-refractivity contribution in [1.82, 2.24) is 0 Å². The van der Waals surface area contributed by atoms with Gasteiger partial charge in [-0.25, -0.2) is 0 Å². The normalized spacial score (nSPS) is 11.2. The summed E-state index contributed by atoms with van der Waals surface area (Å²) in [4.78, 5) is 15.0. The molecule has 2 N–H and O–H groups in total. The Balaban J connectivity index is 2.32. The second-order valence-corrected chi connectivity index (χ2v) is 2.10. The Kier molecular flexibility index (Phi) is 2.22. The van der Waals surface area contributed by atoms with E-state index in [0.717, 1.165) is 0 Å². The SMILES string of the molecule is O[PH2](O)Cl. The van der Waals surface area contributed by atoms with Crippen molar-refractivity contribution in [3.8, 4) is 0 Å². The quantitative estimate of drug-likeness (QED) is 0.420. The van der Waals surface area contributed by atoms with E-state index < -0.39 is 7.73 Å². The van der Waals surface area contributed by atoms with Gasteiger partial charge < -0.3 is 0 Å². The molecule has 0 saturated heterocycles. The van der Waals surface area contributed by atoms with Gasteiger partial charge in [-0.3, -0.25) is 0 Å². The monoisotopic (exact) mass is 102 g/mol. The molecule has 0 radical (unpaired) electrons. The van der Waals surface area contributed by atoms with Gasteiger partial charge in [0.15, 0.2) is 0 Å². The third-order valence-corrected chi connectivity index (χ3v) is 0. The molecule has 0 aromatic rings. The average molecular weight is 102 g/mol. The summed E-state index contributed by atoms with van der Waals surface area (Å²) in [5, 5.41) is 0. The van der Waals surface area contributed by atoms with Crippen molar-refractivity contribution in [3.05, 3.63) is 0 Å². The molecule has 4 heteroatoms. The predicted molar refractivity (Wildman–Crippen MR) is 20.0 cm³/mol. The predicted octanol–water partition coefficient (Wildman–Crippen LogP) is -0.0987. The van der Waals surface area contributed by atoms with Gasteiger partial charge in [0.05, 0.1) is 0 Å². The molecule has 0 unspecified atom stereocenters. The second-order valence-electron chi connectivity index (χ2n) is 0.311. The van der Waals surface area contributed by atoms with Crippen LogP contribution >= 0.6 is 19.0 Å². The van der Waals surface area contributed by atoms with Crippen molar-refractivity contribution >= 4 is 19.0 Å². The molecule has 4 heavy (non-hydrogen) atoms. The topological polar surface area (TPSA) is 40.5 Å². The van der Waals surface area contributed by atoms with E-state index in [-0.39, 0.29) is 0 Å². The van der Waals surface area contributed by atoms with E-state index in [1.807, 2.05) is 0 Å². The molecule has 0 aliphatic heterocycles. The van der Waals surface area contributed by atoms with E-state index in [0.29, 0.717) is 0 Å². The molecule has 0 aromatic heterocycles. The van der Waals surface area contributed by atoms with Gasteiger partial charge in [-0.1, -0.05) is 0 Å². The van der Waals surface area contributed by atoms with Gasteiger partial charge in [0.2, 0.25) is 0 Å². The van der Waals surface area contributed by atoms with Crippen LogP contribution in [0, 0.1) is 0 Å². The zero-order valence-corrected chi connectivity index (χ0v) is 3.76. The Morgan fingerprint density at radius 3 is 1.50 bits per heavy atom. The fraction of sp³-hybridized carbons (Fsp3) is 0. The molecule has 0 aromatic carbocycles. The van der Waals surface area contributed by atoms with Crippen LogP contribution in [0.15, 0.2) is 0 Å². The van der Waals surface area contributed by atoms with Crippen molar-refractivity contribution in [2.24, 2.45) is 0 Å². The van der Waals surface area contributed by atoms with Crippen molar-refractivity contribution in [2.45, 2.75) is 0 Å². The molecule has 0 spiro atoms. The fourth-order valence-corrected chi connectivity index (χ4v) is 0. The molecular weight excluding hydrogens is 98.4 g/mol. The maximum absolute atomic E-state index is 7.52. The van der Waals surface area contributed by atoms with Crippen molar-refractivity contribution < 1.29 is 9.79 Å². The van der Waals surface area contributed by atoms with Crippen LogP contribution in [0.25, 0.3) is 0 Å². The number of rotatable bonds is 0. The molecule has 2 nitrogen and oxygen atoms in total. The fourth-order valence-electron chi connectivity index (χ4n) is 0. The Morgan fingerprint density at radius 2 is 1.50 bits per heavy atom. The minimum absolute atomic E-state index is 2.67. The number of hydrogen-bond donors (Lipinski definition) is 2. The first-order valence-electron chi connectivity index (χ1n) is 0.735. The summed E-state index contributed by atoms with van der Waals surface area (Å²) in [5.41, 5.74) is 0. The molecule has 28 valence electrons. The van der Waals surface area contributed by atoms with E-state index in [1.54, 1.807) is 0 Å². The summed E-state index contributed by atoms with van der Waals surface area (Å²) < 4.78 is 0. The zero-order valence-electron chi connectivity index (χ0n) is 1.85.